The number of rotatable bonds is 7. The standard InChI is InChI=1S/C100H56N6O3/c1-9-25-81-65(17-1)66-18-2-10-26-82(66)100(81)83-55-63(33-41-67(83)68-42-40-64(56-84(68)100)104-85-27-11-3-19-69(85)75-49-57(34-43-88(75)104)60-37-46-94-78(52-60)72-22-6-14-30-91(72)107-94)97-101-98(105-86-28-12-4-20-70(86)76-50-58(35-44-89(76)105)61-38-47-95-79(53-61)73-23-7-15-31-92(73)108-95)103-99(102-97)106-87-29-13-5-21-71(87)77-51-59(36-45-90(77)106)62-39-48-96-80(54-62)74-24-8-16-32-93(74)109-96/h1-56H. The molecule has 0 radical (unpaired) electrons. The van der Waals surface area contributed by atoms with E-state index < -0.39 is 5.41 Å². The molecule has 25 rings (SSSR count). The van der Waals surface area contributed by atoms with Crippen LogP contribution in [-0.4, -0.2) is 28.7 Å². The van der Waals surface area contributed by atoms with Gasteiger partial charge >= 0.3 is 0 Å². The first-order valence-electron chi connectivity index (χ1n) is 37.1. The van der Waals surface area contributed by atoms with Crippen LogP contribution >= 0.6 is 0 Å². The number of nitrogens with zero attached hydrogens (tertiary/aromatic N) is 6. The van der Waals surface area contributed by atoms with E-state index in [1.807, 2.05) is 36.4 Å². The van der Waals surface area contributed by atoms with E-state index in [2.05, 4.69) is 317 Å². The Labute approximate surface area is 621 Å². The molecule has 504 valence electrons. The van der Waals surface area contributed by atoms with E-state index in [1.54, 1.807) is 0 Å². The molecule has 0 unspecified atom stereocenters. The number of benzene rings is 16. The highest BCUT2D eigenvalue weighted by Crippen LogP contribution is 2.64. The van der Waals surface area contributed by atoms with Crippen molar-refractivity contribution in [3.8, 4) is 84.6 Å². The fourth-order valence-electron chi connectivity index (χ4n) is 19.0. The summed E-state index contributed by atoms with van der Waals surface area (Å²) in [5.74, 6) is 1.54. The van der Waals surface area contributed by atoms with E-state index in [0.29, 0.717) is 17.7 Å². The number of para-hydroxylation sites is 6. The van der Waals surface area contributed by atoms with Gasteiger partial charge in [0.15, 0.2) is 5.82 Å². The van der Waals surface area contributed by atoms with E-state index in [1.165, 1.54) is 49.7 Å². The zero-order valence-corrected chi connectivity index (χ0v) is 58.2. The van der Waals surface area contributed by atoms with E-state index >= 15 is 0 Å². The van der Waals surface area contributed by atoms with Gasteiger partial charge in [0, 0.05) is 75.9 Å². The molecule has 7 aromatic heterocycles. The molecule has 9 nitrogen and oxygen atoms in total. The van der Waals surface area contributed by atoms with Gasteiger partial charge in [0.05, 0.1) is 38.5 Å². The predicted octanol–water partition coefficient (Wildman–Crippen LogP) is 25.9. The average Bonchev–Trinajstić information content (AvgIpc) is 1.51. The molecule has 7 heterocycles. The van der Waals surface area contributed by atoms with E-state index in [4.69, 9.17) is 28.2 Å². The van der Waals surface area contributed by atoms with Crippen molar-refractivity contribution in [2.75, 3.05) is 0 Å². The molecule has 23 aromatic rings. The number of fused-ring (bicyclic) bond motifs is 28. The van der Waals surface area contributed by atoms with Crippen LogP contribution in [0.2, 0.25) is 0 Å². The maximum Gasteiger partial charge on any atom is 0.240 e. The molecule has 0 N–H and O–H groups in total. The van der Waals surface area contributed by atoms with Crippen LogP contribution in [0.15, 0.2) is 353 Å². The highest BCUT2D eigenvalue weighted by molar-refractivity contribution is 6.15. The first-order valence-corrected chi connectivity index (χ1v) is 37.1. The minimum absolute atomic E-state index is 0.499. The minimum atomic E-state index is -0.746. The maximum atomic E-state index is 6.32. The van der Waals surface area contributed by atoms with Crippen LogP contribution in [0.4, 0.5) is 0 Å². The Morgan fingerprint density at radius 3 is 0.963 bits per heavy atom. The lowest BCUT2D eigenvalue weighted by Gasteiger charge is -2.31. The number of hydrogen-bond acceptors (Lipinski definition) is 6. The van der Waals surface area contributed by atoms with Crippen molar-refractivity contribution in [3.63, 3.8) is 0 Å². The molecule has 2 aliphatic carbocycles. The average molecular weight is 1390 g/mol. The second-order valence-electron chi connectivity index (χ2n) is 29.3. The molecule has 0 bridgehead atoms. The molecule has 0 fully saturated rings. The van der Waals surface area contributed by atoms with Crippen molar-refractivity contribution in [3.05, 3.63) is 362 Å². The summed E-state index contributed by atoms with van der Waals surface area (Å²) in [4.78, 5) is 17.3. The van der Waals surface area contributed by atoms with Gasteiger partial charge in [-0.1, -0.05) is 212 Å². The summed E-state index contributed by atoms with van der Waals surface area (Å²) in [7, 11) is 0. The van der Waals surface area contributed by atoms with Gasteiger partial charge in [-0.2, -0.15) is 15.0 Å². The van der Waals surface area contributed by atoms with Crippen LogP contribution in [0, 0.1) is 0 Å². The van der Waals surface area contributed by atoms with Gasteiger partial charge in [0.1, 0.15) is 33.5 Å². The van der Waals surface area contributed by atoms with Crippen LogP contribution in [-0.2, 0) is 5.41 Å². The molecule has 0 aliphatic heterocycles. The minimum Gasteiger partial charge on any atom is -0.456 e. The normalized spacial score (nSPS) is 13.0. The summed E-state index contributed by atoms with van der Waals surface area (Å²) in [6, 6.07) is 123. The zero-order valence-electron chi connectivity index (χ0n) is 58.2. The van der Waals surface area contributed by atoms with Gasteiger partial charge in [-0.3, -0.25) is 9.13 Å². The molecule has 1 spiro atoms. The van der Waals surface area contributed by atoms with Crippen molar-refractivity contribution in [1.29, 1.82) is 0 Å². The van der Waals surface area contributed by atoms with Crippen molar-refractivity contribution in [1.82, 2.24) is 28.7 Å². The summed E-state index contributed by atoms with van der Waals surface area (Å²) in [6.45, 7) is 0. The lowest BCUT2D eigenvalue weighted by molar-refractivity contribution is 0.668. The second-order valence-corrected chi connectivity index (χ2v) is 29.3. The highest BCUT2D eigenvalue weighted by Gasteiger charge is 2.52. The topological polar surface area (TPSA) is 92.9 Å². The van der Waals surface area contributed by atoms with Crippen LogP contribution in [0.3, 0.4) is 0 Å². The number of furan rings is 3. The molecule has 0 saturated heterocycles. The van der Waals surface area contributed by atoms with E-state index in [-0.39, 0.29) is 0 Å². The third-order valence-corrected chi connectivity index (χ3v) is 23.7. The van der Waals surface area contributed by atoms with Gasteiger partial charge in [-0.05, 0) is 205 Å². The number of aromatic nitrogens is 6. The first-order chi connectivity index (χ1) is 54.0. The SMILES string of the molecule is c1ccc2c(c1)-c1ccccc1C21c2cc(-c3nc(-n4c5ccccc5c5cc(-c6ccc7oc8ccccc8c7c6)ccc54)nc(-n4c5ccccc5c5cc(-c6ccc7oc8ccccc8c7c6)ccc54)n3)ccc2-c2ccc(-n3c4ccccc4c4cc(-c5ccc6oc7ccccc7c6c5)ccc43)cc21. The van der Waals surface area contributed by atoms with Crippen LogP contribution in [0.25, 0.3) is 216 Å². The Hall–Kier alpha value is -14.7. The molecule has 109 heavy (non-hydrogen) atoms. The first kappa shape index (κ1) is 58.7. The third-order valence-electron chi connectivity index (χ3n) is 23.7. The van der Waals surface area contributed by atoms with E-state index in [9.17, 15) is 0 Å². The summed E-state index contributed by atoms with van der Waals surface area (Å²) in [6.07, 6.45) is 0. The Kier molecular flexibility index (Phi) is 11.7. The summed E-state index contributed by atoms with van der Waals surface area (Å²) >= 11 is 0. The fraction of sp³-hybridized carbons (Fsp3) is 0.0100. The van der Waals surface area contributed by atoms with Crippen molar-refractivity contribution in [2.24, 2.45) is 0 Å². The van der Waals surface area contributed by atoms with Crippen molar-refractivity contribution < 1.29 is 13.3 Å². The van der Waals surface area contributed by atoms with Crippen molar-refractivity contribution >= 4 is 131 Å². The molecule has 9 heteroatoms. The van der Waals surface area contributed by atoms with Gasteiger partial charge in [0.25, 0.3) is 0 Å². The van der Waals surface area contributed by atoms with Crippen LogP contribution < -0.4 is 0 Å². The number of hydrogen-bond donors (Lipinski definition) is 0. The highest BCUT2D eigenvalue weighted by atomic mass is 16.3. The van der Waals surface area contributed by atoms with Gasteiger partial charge in [0.2, 0.25) is 11.9 Å². The summed E-state index contributed by atoms with van der Waals surface area (Å²) < 4.78 is 25.9. The second kappa shape index (κ2) is 21.7. The Morgan fingerprint density at radius 1 is 0.202 bits per heavy atom. The van der Waals surface area contributed by atoms with Gasteiger partial charge in [-0.25, -0.2) is 0 Å². The van der Waals surface area contributed by atoms with E-state index in [0.717, 1.165) is 171 Å². The van der Waals surface area contributed by atoms with Crippen molar-refractivity contribution in [2.45, 2.75) is 5.41 Å². The molecular weight excluding hydrogens is 1330 g/mol. The van der Waals surface area contributed by atoms with Gasteiger partial charge < -0.3 is 17.8 Å². The predicted molar refractivity (Wildman–Crippen MR) is 443 cm³/mol. The fourth-order valence-corrected chi connectivity index (χ4v) is 19.0. The maximum absolute atomic E-state index is 6.32. The lowest BCUT2D eigenvalue weighted by atomic mass is 9.70. The molecule has 0 amide bonds. The Balaban J connectivity index is 0.696. The monoisotopic (exact) mass is 1390 g/mol. The van der Waals surface area contributed by atoms with Crippen LogP contribution in [0.1, 0.15) is 22.3 Å². The molecule has 0 atom stereocenters. The van der Waals surface area contributed by atoms with Gasteiger partial charge in [-0.15, -0.1) is 0 Å². The largest absolute Gasteiger partial charge is 0.456 e. The smallest absolute Gasteiger partial charge is 0.240 e. The molecular formula is C100H56N6O3. The molecule has 16 aromatic carbocycles. The Morgan fingerprint density at radius 2 is 0.514 bits per heavy atom. The summed E-state index contributed by atoms with van der Waals surface area (Å²) in [5.41, 5.74) is 29.0. The Bertz CT molecular complexity index is 7670. The third kappa shape index (κ3) is 8.14. The molecule has 0 saturated carbocycles. The lowest BCUT2D eigenvalue weighted by Crippen LogP contribution is -2.26. The quantitative estimate of drug-likeness (QED) is 0.158. The zero-order chi connectivity index (χ0) is 70.9. The molecule has 2 aliphatic rings. The van der Waals surface area contributed by atoms with Crippen LogP contribution in [0.5, 0.6) is 0 Å². The summed E-state index contributed by atoms with van der Waals surface area (Å²) in [5, 5.41) is 13.3.